The average molecular weight is 420 g/mol. The van der Waals surface area contributed by atoms with Crippen LogP contribution in [0.3, 0.4) is 0 Å². The maximum Gasteiger partial charge on any atom is 0.573 e. The number of ether oxygens (including phenoxy) is 2. The highest BCUT2D eigenvalue weighted by molar-refractivity contribution is 5.93. The van der Waals surface area contributed by atoms with Gasteiger partial charge >= 0.3 is 6.36 Å². The molecule has 1 amide bonds. The molecule has 2 aromatic carbocycles. The predicted octanol–water partition coefficient (Wildman–Crippen LogP) is 3.46. The van der Waals surface area contributed by atoms with E-state index in [1.807, 2.05) is 6.07 Å². The lowest BCUT2D eigenvalue weighted by atomic mass is 10.1. The molecule has 0 atom stereocenters. The van der Waals surface area contributed by atoms with Crippen molar-refractivity contribution < 1.29 is 27.4 Å². The summed E-state index contributed by atoms with van der Waals surface area (Å²) in [4.78, 5) is 12.4. The number of carbonyl (C=O) groups excluding carboxylic acids is 1. The number of benzene rings is 2. The molecule has 0 spiro atoms. The summed E-state index contributed by atoms with van der Waals surface area (Å²) in [7, 11) is 1.56. The fourth-order valence-electron chi connectivity index (χ4n) is 2.79. The molecule has 0 unspecified atom stereocenters. The van der Waals surface area contributed by atoms with Crippen LogP contribution < -0.4 is 14.8 Å². The van der Waals surface area contributed by atoms with Crippen molar-refractivity contribution >= 4 is 5.91 Å². The molecule has 0 aliphatic heterocycles. The number of nitrogens with zero attached hydrogens (tertiary/aromatic N) is 3. The number of halogens is 3. The molecule has 1 heterocycles. The van der Waals surface area contributed by atoms with E-state index in [9.17, 15) is 18.0 Å². The van der Waals surface area contributed by atoms with Gasteiger partial charge in [-0.3, -0.25) is 4.79 Å². The Morgan fingerprint density at radius 1 is 1.13 bits per heavy atom. The first-order chi connectivity index (χ1) is 14.3. The van der Waals surface area contributed by atoms with E-state index in [0.717, 1.165) is 5.56 Å². The van der Waals surface area contributed by atoms with Crippen LogP contribution in [0.5, 0.6) is 11.5 Å². The molecular formula is C20H19F3N4O3. The Hall–Kier alpha value is -3.56. The maximum atomic E-state index is 12.4. The van der Waals surface area contributed by atoms with Crippen LogP contribution in [0, 0.1) is 6.92 Å². The SMILES string of the molecule is COc1cccc(-n2nnc(C(=O)NCCc3ccc(OC(F)(F)F)cc3)c2C)c1. The van der Waals surface area contributed by atoms with Gasteiger partial charge in [-0.2, -0.15) is 0 Å². The number of alkyl halides is 3. The lowest BCUT2D eigenvalue weighted by molar-refractivity contribution is -0.274. The first kappa shape index (κ1) is 21.2. The van der Waals surface area contributed by atoms with Gasteiger partial charge in [0.2, 0.25) is 0 Å². The Balaban J connectivity index is 1.58. The molecule has 1 N–H and O–H groups in total. The van der Waals surface area contributed by atoms with E-state index >= 15 is 0 Å². The molecule has 0 aliphatic rings. The second kappa shape index (κ2) is 8.85. The second-order valence-electron chi connectivity index (χ2n) is 6.33. The number of hydrogen-bond acceptors (Lipinski definition) is 5. The Labute approximate surface area is 170 Å². The minimum atomic E-state index is -4.73. The zero-order chi connectivity index (χ0) is 21.7. The van der Waals surface area contributed by atoms with Crippen molar-refractivity contribution in [1.82, 2.24) is 20.3 Å². The van der Waals surface area contributed by atoms with Gasteiger partial charge in [-0.15, -0.1) is 18.3 Å². The van der Waals surface area contributed by atoms with E-state index in [2.05, 4.69) is 20.4 Å². The molecule has 0 bridgehead atoms. The maximum absolute atomic E-state index is 12.4. The van der Waals surface area contributed by atoms with E-state index in [1.165, 1.54) is 28.9 Å². The standard InChI is InChI=1S/C20H19F3N4O3/c1-13-18(25-26-27(13)15-4-3-5-17(12-15)29-2)19(28)24-11-10-14-6-8-16(9-7-14)30-20(21,22)23/h3-9,12H,10-11H2,1-2H3,(H,24,28). The molecule has 0 radical (unpaired) electrons. The van der Waals surface area contributed by atoms with E-state index in [-0.39, 0.29) is 18.0 Å². The Morgan fingerprint density at radius 2 is 1.87 bits per heavy atom. The van der Waals surface area contributed by atoms with Gasteiger partial charge in [-0.1, -0.05) is 23.4 Å². The second-order valence-corrected chi connectivity index (χ2v) is 6.33. The number of methoxy groups -OCH3 is 1. The minimum Gasteiger partial charge on any atom is -0.497 e. The highest BCUT2D eigenvalue weighted by Crippen LogP contribution is 2.23. The van der Waals surface area contributed by atoms with Crippen LogP contribution in [0.25, 0.3) is 5.69 Å². The van der Waals surface area contributed by atoms with Gasteiger partial charge in [0, 0.05) is 12.6 Å². The van der Waals surface area contributed by atoms with Gasteiger partial charge < -0.3 is 14.8 Å². The minimum absolute atomic E-state index is 0.187. The fraction of sp³-hybridized carbons (Fsp3) is 0.250. The molecule has 0 saturated heterocycles. The van der Waals surface area contributed by atoms with Gasteiger partial charge in [0.05, 0.1) is 18.5 Å². The molecule has 1 aromatic heterocycles. The van der Waals surface area contributed by atoms with Crippen molar-refractivity contribution in [3.63, 3.8) is 0 Å². The summed E-state index contributed by atoms with van der Waals surface area (Å²) in [6.07, 6.45) is -4.29. The summed E-state index contributed by atoms with van der Waals surface area (Å²) in [6, 6.07) is 12.7. The van der Waals surface area contributed by atoms with Crippen LogP contribution in [-0.4, -0.2) is 40.9 Å². The number of rotatable bonds is 7. The van der Waals surface area contributed by atoms with Crippen LogP contribution in [0.4, 0.5) is 13.2 Å². The lowest BCUT2D eigenvalue weighted by Crippen LogP contribution is -2.26. The third-order valence-corrected chi connectivity index (χ3v) is 4.26. The van der Waals surface area contributed by atoms with E-state index in [1.54, 1.807) is 32.2 Å². The first-order valence-corrected chi connectivity index (χ1v) is 8.96. The normalized spacial score (nSPS) is 11.2. The monoisotopic (exact) mass is 420 g/mol. The van der Waals surface area contributed by atoms with Crippen LogP contribution in [0.2, 0.25) is 0 Å². The molecule has 0 fully saturated rings. The molecule has 3 aromatic rings. The molecule has 7 nitrogen and oxygen atoms in total. The van der Waals surface area contributed by atoms with E-state index < -0.39 is 12.3 Å². The van der Waals surface area contributed by atoms with Gasteiger partial charge in [0.25, 0.3) is 5.91 Å². The fourth-order valence-corrected chi connectivity index (χ4v) is 2.79. The molecule has 0 aliphatic carbocycles. The molecule has 10 heteroatoms. The van der Waals surface area contributed by atoms with E-state index in [0.29, 0.717) is 23.6 Å². The zero-order valence-corrected chi connectivity index (χ0v) is 16.2. The Morgan fingerprint density at radius 3 is 2.53 bits per heavy atom. The van der Waals surface area contributed by atoms with Crippen molar-refractivity contribution in [2.45, 2.75) is 19.7 Å². The van der Waals surface area contributed by atoms with Crippen molar-refractivity contribution in [1.29, 1.82) is 0 Å². The van der Waals surface area contributed by atoms with Gasteiger partial charge in [0.15, 0.2) is 5.69 Å². The van der Waals surface area contributed by atoms with Crippen LogP contribution in [0.15, 0.2) is 48.5 Å². The highest BCUT2D eigenvalue weighted by Gasteiger charge is 2.30. The Kier molecular flexibility index (Phi) is 6.24. The number of carbonyl (C=O) groups is 1. The highest BCUT2D eigenvalue weighted by atomic mass is 19.4. The summed E-state index contributed by atoms with van der Waals surface area (Å²) < 4.78 is 47.1. The molecule has 30 heavy (non-hydrogen) atoms. The summed E-state index contributed by atoms with van der Waals surface area (Å²) >= 11 is 0. The molecule has 3 rings (SSSR count). The Bertz CT molecular complexity index is 1020. The van der Waals surface area contributed by atoms with Crippen LogP contribution in [0.1, 0.15) is 21.7 Å². The van der Waals surface area contributed by atoms with Gasteiger partial charge in [0.1, 0.15) is 11.5 Å². The largest absolute Gasteiger partial charge is 0.573 e. The summed E-state index contributed by atoms with van der Waals surface area (Å²) in [5.74, 6) is -0.0289. The molecule has 0 saturated carbocycles. The quantitative estimate of drug-likeness (QED) is 0.634. The molecular weight excluding hydrogens is 401 g/mol. The average Bonchev–Trinajstić information content (AvgIpc) is 3.09. The number of aromatic nitrogens is 3. The molecule has 158 valence electrons. The zero-order valence-electron chi connectivity index (χ0n) is 16.2. The smallest absolute Gasteiger partial charge is 0.497 e. The van der Waals surface area contributed by atoms with Crippen molar-refractivity contribution in [3.05, 3.63) is 65.5 Å². The predicted molar refractivity (Wildman–Crippen MR) is 102 cm³/mol. The third kappa shape index (κ3) is 5.28. The van der Waals surface area contributed by atoms with Crippen LogP contribution in [-0.2, 0) is 6.42 Å². The topological polar surface area (TPSA) is 78.3 Å². The third-order valence-electron chi connectivity index (χ3n) is 4.26. The van der Waals surface area contributed by atoms with Gasteiger partial charge in [-0.05, 0) is 43.2 Å². The number of nitrogens with one attached hydrogen (secondary N) is 1. The van der Waals surface area contributed by atoms with Crippen molar-refractivity contribution in [2.75, 3.05) is 13.7 Å². The lowest BCUT2D eigenvalue weighted by Gasteiger charge is -2.09. The number of hydrogen-bond donors (Lipinski definition) is 1. The summed E-state index contributed by atoms with van der Waals surface area (Å²) in [6.45, 7) is 2.01. The number of amides is 1. The van der Waals surface area contributed by atoms with Gasteiger partial charge in [-0.25, -0.2) is 4.68 Å². The summed E-state index contributed by atoms with van der Waals surface area (Å²) in [5.41, 5.74) is 2.21. The van der Waals surface area contributed by atoms with Crippen LogP contribution >= 0.6 is 0 Å². The summed E-state index contributed by atoms with van der Waals surface area (Å²) in [5, 5.41) is 10.7. The first-order valence-electron chi connectivity index (χ1n) is 8.96. The van der Waals surface area contributed by atoms with Crippen molar-refractivity contribution in [3.8, 4) is 17.2 Å². The van der Waals surface area contributed by atoms with Crippen molar-refractivity contribution in [2.24, 2.45) is 0 Å². The van der Waals surface area contributed by atoms with E-state index in [4.69, 9.17) is 4.74 Å².